The first kappa shape index (κ1) is 11.8. The second kappa shape index (κ2) is 4.24. The van der Waals surface area contributed by atoms with E-state index in [1.165, 1.54) is 17.2 Å². The third-order valence-corrected chi connectivity index (χ3v) is 4.53. The molecule has 0 spiro atoms. The Morgan fingerprint density at radius 2 is 2.35 bits per heavy atom. The van der Waals surface area contributed by atoms with Crippen LogP contribution in [0.3, 0.4) is 0 Å². The SMILES string of the molecule is Cc1nsc2ncn(Cc3cc4n(n3)CCC4)c(=O)c12. The summed E-state index contributed by atoms with van der Waals surface area (Å²) in [5.41, 5.74) is 2.90. The summed E-state index contributed by atoms with van der Waals surface area (Å²) in [5, 5.41) is 5.16. The molecule has 0 fully saturated rings. The Balaban J connectivity index is 1.76. The average Bonchev–Trinajstić information content (AvgIpc) is 3.08. The largest absolute Gasteiger partial charge is 0.292 e. The fourth-order valence-electron chi connectivity index (χ4n) is 2.69. The topological polar surface area (TPSA) is 65.6 Å². The normalized spacial score (nSPS) is 14.1. The predicted octanol–water partition coefficient (Wildman–Crippen LogP) is 1.35. The highest BCUT2D eigenvalue weighted by molar-refractivity contribution is 7.12. The van der Waals surface area contributed by atoms with Crippen LogP contribution in [0.15, 0.2) is 17.2 Å². The molecule has 1 aliphatic rings. The van der Waals surface area contributed by atoms with E-state index < -0.39 is 0 Å². The van der Waals surface area contributed by atoms with Gasteiger partial charge in [-0.05, 0) is 37.4 Å². The minimum Gasteiger partial charge on any atom is -0.292 e. The van der Waals surface area contributed by atoms with Gasteiger partial charge in [-0.1, -0.05) is 0 Å². The van der Waals surface area contributed by atoms with Gasteiger partial charge in [-0.2, -0.15) is 9.47 Å². The fourth-order valence-corrected chi connectivity index (χ4v) is 3.43. The van der Waals surface area contributed by atoms with Gasteiger partial charge < -0.3 is 0 Å². The van der Waals surface area contributed by atoms with Gasteiger partial charge >= 0.3 is 0 Å². The van der Waals surface area contributed by atoms with E-state index in [1.807, 2.05) is 11.6 Å². The molecule has 0 aromatic carbocycles. The number of aryl methyl sites for hydroxylation is 3. The van der Waals surface area contributed by atoms with Crippen molar-refractivity contribution in [1.29, 1.82) is 0 Å². The van der Waals surface area contributed by atoms with Crippen molar-refractivity contribution >= 4 is 21.7 Å². The molecule has 0 bridgehead atoms. The molecule has 7 heteroatoms. The molecule has 0 amide bonds. The molecule has 3 aromatic rings. The first-order valence-electron chi connectivity index (χ1n) is 6.59. The van der Waals surface area contributed by atoms with Gasteiger partial charge in [0.15, 0.2) is 4.83 Å². The number of rotatable bonds is 2. The lowest BCUT2D eigenvalue weighted by Gasteiger charge is -2.02. The molecule has 0 saturated heterocycles. The summed E-state index contributed by atoms with van der Waals surface area (Å²) in [6.45, 7) is 3.30. The van der Waals surface area contributed by atoms with Gasteiger partial charge in [0, 0.05) is 12.2 Å². The standard InChI is InChI=1S/C13H13N5OS/c1-8-11-12(20-16-8)14-7-17(13(11)19)6-9-5-10-3-2-4-18(10)15-9/h5,7H,2-4,6H2,1H3. The molecule has 3 aromatic heterocycles. The molecule has 0 saturated carbocycles. The Morgan fingerprint density at radius 1 is 1.45 bits per heavy atom. The van der Waals surface area contributed by atoms with Crippen LogP contribution in [0.5, 0.6) is 0 Å². The van der Waals surface area contributed by atoms with E-state index in [9.17, 15) is 4.79 Å². The van der Waals surface area contributed by atoms with E-state index in [0.29, 0.717) is 16.8 Å². The van der Waals surface area contributed by atoms with E-state index in [-0.39, 0.29) is 5.56 Å². The minimum absolute atomic E-state index is 0.0330. The van der Waals surface area contributed by atoms with Crippen LogP contribution in [0.25, 0.3) is 10.2 Å². The summed E-state index contributed by atoms with van der Waals surface area (Å²) in [4.78, 5) is 17.5. The number of nitrogens with zero attached hydrogens (tertiary/aromatic N) is 5. The van der Waals surface area contributed by atoms with Crippen LogP contribution < -0.4 is 5.56 Å². The summed E-state index contributed by atoms with van der Waals surface area (Å²) in [6.07, 6.45) is 3.83. The van der Waals surface area contributed by atoms with Crippen LogP contribution in [-0.4, -0.2) is 23.7 Å². The van der Waals surface area contributed by atoms with Gasteiger partial charge in [0.1, 0.15) is 0 Å². The van der Waals surface area contributed by atoms with Crippen molar-refractivity contribution in [2.45, 2.75) is 32.9 Å². The second-order valence-corrected chi connectivity index (χ2v) is 5.83. The Kier molecular flexibility index (Phi) is 2.50. The quantitative estimate of drug-likeness (QED) is 0.713. The summed E-state index contributed by atoms with van der Waals surface area (Å²) >= 11 is 1.27. The van der Waals surface area contributed by atoms with Crippen molar-refractivity contribution in [1.82, 2.24) is 23.7 Å². The highest BCUT2D eigenvalue weighted by Gasteiger charge is 2.15. The van der Waals surface area contributed by atoms with Crippen molar-refractivity contribution < 1.29 is 0 Å². The third kappa shape index (κ3) is 1.70. The average molecular weight is 287 g/mol. The maximum atomic E-state index is 12.4. The van der Waals surface area contributed by atoms with Crippen molar-refractivity contribution in [2.24, 2.45) is 0 Å². The van der Waals surface area contributed by atoms with Gasteiger partial charge in [-0.3, -0.25) is 14.0 Å². The molecular weight excluding hydrogens is 274 g/mol. The molecule has 0 N–H and O–H groups in total. The Morgan fingerprint density at radius 3 is 3.20 bits per heavy atom. The Bertz CT molecular complexity index is 838. The lowest BCUT2D eigenvalue weighted by atomic mass is 10.2. The molecule has 20 heavy (non-hydrogen) atoms. The van der Waals surface area contributed by atoms with Crippen LogP contribution in [0.2, 0.25) is 0 Å². The second-order valence-electron chi connectivity index (χ2n) is 5.08. The zero-order valence-electron chi connectivity index (χ0n) is 11.0. The molecular formula is C13H13N5OS. The van der Waals surface area contributed by atoms with Crippen LogP contribution >= 0.6 is 11.5 Å². The van der Waals surface area contributed by atoms with Crippen molar-refractivity contribution in [3.05, 3.63) is 39.8 Å². The van der Waals surface area contributed by atoms with E-state index in [2.05, 4.69) is 20.5 Å². The van der Waals surface area contributed by atoms with Gasteiger partial charge in [-0.15, -0.1) is 0 Å². The van der Waals surface area contributed by atoms with Crippen LogP contribution in [0.4, 0.5) is 0 Å². The zero-order chi connectivity index (χ0) is 13.7. The van der Waals surface area contributed by atoms with Gasteiger partial charge in [-0.25, -0.2) is 4.98 Å². The van der Waals surface area contributed by atoms with Crippen molar-refractivity contribution in [2.75, 3.05) is 0 Å². The molecule has 4 heterocycles. The van der Waals surface area contributed by atoms with Crippen LogP contribution in [-0.2, 0) is 19.5 Å². The van der Waals surface area contributed by atoms with E-state index in [0.717, 1.165) is 30.8 Å². The smallest absolute Gasteiger partial charge is 0.264 e. The summed E-state index contributed by atoms with van der Waals surface area (Å²) in [7, 11) is 0. The van der Waals surface area contributed by atoms with Gasteiger partial charge in [0.2, 0.25) is 0 Å². The Labute approximate surface area is 118 Å². The predicted molar refractivity (Wildman–Crippen MR) is 76.1 cm³/mol. The molecule has 0 unspecified atom stereocenters. The highest BCUT2D eigenvalue weighted by Crippen LogP contribution is 2.17. The highest BCUT2D eigenvalue weighted by atomic mass is 32.1. The molecule has 102 valence electrons. The molecule has 6 nitrogen and oxygen atoms in total. The van der Waals surface area contributed by atoms with E-state index in [1.54, 1.807) is 10.9 Å². The fraction of sp³-hybridized carbons (Fsp3) is 0.385. The van der Waals surface area contributed by atoms with Crippen molar-refractivity contribution in [3.63, 3.8) is 0 Å². The zero-order valence-corrected chi connectivity index (χ0v) is 11.9. The number of aromatic nitrogens is 5. The van der Waals surface area contributed by atoms with Gasteiger partial charge in [0.25, 0.3) is 5.56 Å². The monoisotopic (exact) mass is 287 g/mol. The third-order valence-electron chi connectivity index (χ3n) is 3.68. The summed E-state index contributed by atoms with van der Waals surface area (Å²) in [6, 6.07) is 2.09. The first-order valence-corrected chi connectivity index (χ1v) is 7.37. The van der Waals surface area contributed by atoms with E-state index >= 15 is 0 Å². The number of hydrogen-bond donors (Lipinski definition) is 0. The number of fused-ring (bicyclic) bond motifs is 2. The molecule has 1 aliphatic heterocycles. The first-order chi connectivity index (χ1) is 9.72. The molecule has 0 aliphatic carbocycles. The molecule has 0 atom stereocenters. The lowest BCUT2D eigenvalue weighted by Crippen LogP contribution is -2.21. The maximum Gasteiger partial charge on any atom is 0.264 e. The molecule has 0 radical (unpaired) electrons. The maximum absolute atomic E-state index is 12.4. The van der Waals surface area contributed by atoms with Crippen LogP contribution in [0.1, 0.15) is 23.5 Å². The molecule has 4 rings (SSSR count). The minimum atomic E-state index is -0.0330. The summed E-state index contributed by atoms with van der Waals surface area (Å²) in [5.74, 6) is 0. The lowest BCUT2D eigenvalue weighted by molar-refractivity contribution is 0.627. The number of hydrogen-bond acceptors (Lipinski definition) is 5. The van der Waals surface area contributed by atoms with Crippen molar-refractivity contribution in [3.8, 4) is 0 Å². The van der Waals surface area contributed by atoms with Crippen LogP contribution in [0, 0.1) is 6.92 Å². The van der Waals surface area contributed by atoms with E-state index in [4.69, 9.17) is 0 Å². The van der Waals surface area contributed by atoms with Gasteiger partial charge in [0.05, 0.1) is 29.6 Å². The Hall–Kier alpha value is -2.02. The summed E-state index contributed by atoms with van der Waals surface area (Å²) < 4.78 is 7.84.